The highest BCUT2D eigenvalue weighted by Crippen LogP contribution is 2.35. The zero-order chi connectivity index (χ0) is 41.3. The van der Waals surface area contributed by atoms with Crippen LogP contribution in [0.15, 0.2) is 72.1 Å². The third kappa shape index (κ3) is 12.2. The largest absolute Gasteiger partial charge is 0.346 e. The highest BCUT2D eigenvalue weighted by atomic mass is 32.1. The molecule has 1 heterocycles. The number of amides is 1. The van der Waals surface area contributed by atoms with E-state index in [2.05, 4.69) is 31.3 Å². The van der Waals surface area contributed by atoms with Crippen molar-refractivity contribution in [3.63, 3.8) is 0 Å². The number of thiocarbonyl (C=S) groups is 1. The van der Waals surface area contributed by atoms with Crippen molar-refractivity contribution in [1.82, 2.24) is 10.2 Å². The van der Waals surface area contributed by atoms with Gasteiger partial charge in [-0.2, -0.15) is 10.1 Å². The van der Waals surface area contributed by atoms with Gasteiger partial charge in [-0.05, 0) is 93.6 Å². The number of nitriles is 1. The minimum atomic E-state index is -0.572. The maximum atomic E-state index is 14.3. The zero-order valence-electron chi connectivity index (χ0n) is 33.9. The van der Waals surface area contributed by atoms with Crippen molar-refractivity contribution in [1.29, 1.82) is 5.26 Å². The van der Waals surface area contributed by atoms with Gasteiger partial charge >= 0.3 is 0 Å². The Morgan fingerprint density at radius 1 is 1.11 bits per heavy atom. The van der Waals surface area contributed by atoms with Gasteiger partial charge in [0, 0.05) is 30.5 Å². The summed E-state index contributed by atoms with van der Waals surface area (Å²) < 4.78 is 14.3. The number of allylic oxidation sites excluding steroid dienone is 5. The Bertz CT molecular complexity index is 1750. The fourth-order valence-electron chi connectivity index (χ4n) is 6.56. The van der Waals surface area contributed by atoms with Gasteiger partial charge in [-0.15, -0.1) is 0 Å². The van der Waals surface area contributed by atoms with Gasteiger partial charge in [0.25, 0.3) is 0 Å². The number of carbonyl (C=O) groups excluding carboxylic acids is 3. The highest BCUT2D eigenvalue weighted by Gasteiger charge is 2.38. The van der Waals surface area contributed by atoms with Crippen LogP contribution in [0.25, 0.3) is 5.57 Å². The van der Waals surface area contributed by atoms with E-state index in [1.165, 1.54) is 17.7 Å². The maximum Gasteiger partial charge on any atom is 0.240 e. The normalized spacial score (nSPS) is 15.9. The quantitative estimate of drug-likeness (QED) is 0.0514. The predicted molar refractivity (Wildman–Crippen MR) is 224 cm³/mol. The molecular formula is C42H56BFN5O5S. The maximum absolute atomic E-state index is 14.3. The van der Waals surface area contributed by atoms with E-state index in [1.807, 2.05) is 102 Å². The number of benzene rings is 2. The number of halogens is 1. The number of anilines is 2. The molecule has 2 aliphatic rings. The zero-order valence-corrected chi connectivity index (χ0v) is 34.7. The summed E-state index contributed by atoms with van der Waals surface area (Å²) in [6.45, 7) is 16.0. The van der Waals surface area contributed by atoms with E-state index < -0.39 is 11.4 Å². The molecule has 55 heavy (non-hydrogen) atoms. The van der Waals surface area contributed by atoms with Crippen LogP contribution in [0.2, 0.25) is 6.32 Å². The van der Waals surface area contributed by atoms with Crippen molar-refractivity contribution in [2.24, 2.45) is 5.41 Å². The minimum Gasteiger partial charge on any atom is -0.346 e. The molecule has 2 unspecified atom stereocenters. The Balaban J connectivity index is 0.000000485. The first-order valence-electron chi connectivity index (χ1n) is 18.5. The van der Waals surface area contributed by atoms with Crippen LogP contribution in [-0.2, 0) is 24.2 Å². The van der Waals surface area contributed by atoms with Gasteiger partial charge in [0.05, 0.1) is 28.7 Å². The number of hydrogen-bond acceptors (Lipinski definition) is 9. The highest BCUT2D eigenvalue weighted by molar-refractivity contribution is 7.79. The topological polar surface area (TPSA) is 115 Å². The minimum absolute atomic E-state index is 0.0117. The molecule has 1 aliphatic carbocycles. The Hall–Kier alpha value is -4.64. The van der Waals surface area contributed by atoms with Gasteiger partial charge in [-0.3, -0.25) is 4.79 Å². The van der Waals surface area contributed by atoms with Gasteiger partial charge in [0.2, 0.25) is 5.91 Å². The summed E-state index contributed by atoms with van der Waals surface area (Å²) >= 11 is 5.43. The van der Waals surface area contributed by atoms with Crippen molar-refractivity contribution >= 4 is 60.4 Å². The summed E-state index contributed by atoms with van der Waals surface area (Å²) in [6.07, 6.45) is 10.0. The monoisotopic (exact) mass is 772 g/mol. The van der Waals surface area contributed by atoms with Crippen LogP contribution in [0.1, 0.15) is 79.4 Å². The molecule has 0 bridgehead atoms. The SMILES string of the molecule is C/C=C(\N(C)c1ccc(C#N)c(F)c1)C(C)(C)N(C=S)c1ccc(C2=CC=C(OOCC=O)CC2)cc1.CC.CNC(C(=O)N1C[B]CC1C=O)C(C)(C)C. The van der Waals surface area contributed by atoms with E-state index in [4.69, 9.17) is 27.3 Å². The van der Waals surface area contributed by atoms with Gasteiger partial charge in [0.15, 0.2) is 0 Å². The second-order valence-electron chi connectivity index (χ2n) is 14.3. The Labute approximate surface area is 333 Å². The van der Waals surface area contributed by atoms with E-state index in [9.17, 15) is 18.8 Å². The summed E-state index contributed by atoms with van der Waals surface area (Å²) in [5, 5.41) is 12.1. The lowest BCUT2D eigenvalue weighted by atomic mass is 9.77. The molecular weight excluding hydrogens is 716 g/mol. The number of aldehydes is 2. The average molecular weight is 773 g/mol. The van der Waals surface area contributed by atoms with E-state index in [0.29, 0.717) is 36.9 Å². The third-order valence-corrected chi connectivity index (χ3v) is 9.55. The molecule has 2 aromatic carbocycles. The van der Waals surface area contributed by atoms with Crippen LogP contribution in [0.5, 0.6) is 0 Å². The van der Waals surface area contributed by atoms with Crippen LogP contribution in [0.4, 0.5) is 15.8 Å². The first-order valence-corrected chi connectivity index (χ1v) is 19.0. The standard InChI is InChI=1S/C29H30FN3O3S.C11H20BN2O2.C2H6/c1-5-28(32(4)25-13-8-23(19-31)27(30)18-25)29(2,3)33(20-37)24-11-6-21(7-12-24)22-9-14-26(15-10-22)36-35-17-16-34;1-11(2,3)9(13-4)10(16)14-7-12-5-8(14)6-15;1-2/h5-9,11-14,16,18,20H,10,15,17H2,1-4H3;6,8-9,13H,5,7H2,1-4H3;1-2H3/b28-5-;;. The van der Waals surface area contributed by atoms with Crippen LogP contribution in [0, 0.1) is 22.6 Å². The van der Waals surface area contributed by atoms with Crippen molar-refractivity contribution in [2.75, 3.05) is 36.9 Å². The van der Waals surface area contributed by atoms with E-state index in [0.717, 1.165) is 29.7 Å². The van der Waals surface area contributed by atoms with Crippen LogP contribution in [-0.4, -0.2) is 80.9 Å². The van der Waals surface area contributed by atoms with E-state index >= 15 is 0 Å². The third-order valence-electron chi connectivity index (χ3n) is 9.34. The molecule has 1 saturated heterocycles. The van der Waals surface area contributed by atoms with E-state index in [1.54, 1.807) is 23.5 Å². The molecule has 4 rings (SSSR count). The van der Waals surface area contributed by atoms with Crippen molar-refractivity contribution in [2.45, 2.75) is 92.2 Å². The Kier molecular flexibility index (Phi) is 18.7. The molecule has 295 valence electrons. The number of likely N-dealkylation sites (N-methyl/N-ethyl adjacent to an activating group) is 2. The molecule has 0 aromatic heterocycles. The first kappa shape index (κ1) is 46.5. The van der Waals surface area contributed by atoms with Crippen molar-refractivity contribution in [3.05, 3.63) is 89.1 Å². The lowest BCUT2D eigenvalue weighted by Crippen LogP contribution is -2.53. The summed E-state index contributed by atoms with van der Waals surface area (Å²) in [6, 6.07) is 14.1. The van der Waals surface area contributed by atoms with Crippen LogP contribution < -0.4 is 15.1 Å². The molecule has 13 heteroatoms. The summed E-state index contributed by atoms with van der Waals surface area (Å²) in [5.74, 6) is 0.142. The molecule has 1 fully saturated rings. The van der Waals surface area contributed by atoms with Crippen LogP contribution in [0.3, 0.4) is 0 Å². The van der Waals surface area contributed by atoms with Gasteiger partial charge < -0.3 is 34.5 Å². The van der Waals surface area contributed by atoms with Gasteiger partial charge in [-0.25, -0.2) is 4.39 Å². The molecule has 2 aromatic rings. The number of carbonyl (C=O) groups is 3. The van der Waals surface area contributed by atoms with Crippen molar-refractivity contribution < 1.29 is 28.5 Å². The van der Waals surface area contributed by atoms with Gasteiger partial charge in [-0.1, -0.05) is 77.4 Å². The lowest BCUT2D eigenvalue weighted by Gasteiger charge is -2.42. The molecule has 1 amide bonds. The fraction of sp³-hybridized carbons (Fsp3) is 0.452. The lowest BCUT2D eigenvalue weighted by molar-refractivity contribution is -0.256. The van der Waals surface area contributed by atoms with Crippen molar-refractivity contribution in [3.8, 4) is 6.07 Å². The van der Waals surface area contributed by atoms with E-state index in [-0.39, 0.29) is 35.6 Å². The van der Waals surface area contributed by atoms with Crippen LogP contribution >= 0.6 is 12.2 Å². The summed E-state index contributed by atoms with van der Waals surface area (Å²) in [7, 11) is 5.63. The second kappa shape index (κ2) is 22.1. The first-order chi connectivity index (χ1) is 26.2. The Morgan fingerprint density at radius 2 is 1.76 bits per heavy atom. The molecule has 1 N–H and O–H groups in total. The molecule has 0 spiro atoms. The Morgan fingerprint density at radius 3 is 2.25 bits per heavy atom. The second-order valence-corrected chi connectivity index (χ2v) is 14.5. The molecule has 10 nitrogen and oxygen atoms in total. The molecule has 1 radical (unpaired) electrons. The summed E-state index contributed by atoms with van der Waals surface area (Å²) in [4.78, 5) is 49.0. The molecule has 2 atom stereocenters. The predicted octanol–water partition coefficient (Wildman–Crippen LogP) is 7.62. The fourth-order valence-corrected chi connectivity index (χ4v) is 6.95. The molecule has 1 aliphatic heterocycles. The number of hydrogen-bond donors (Lipinski definition) is 1. The van der Waals surface area contributed by atoms with Gasteiger partial charge in [0.1, 0.15) is 44.1 Å². The summed E-state index contributed by atoms with van der Waals surface area (Å²) in [5.41, 5.74) is 5.63. The number of rotatable bonds is 14. The number of nitrogens with zero attached hydrogens (tertiary/aromatic N) is 4. The molecule has 0 saturated carbocycles. The smallest absolute Gasteiger partial charge is 0.240 e. The average Bonchev–Trinajstić information content (AvgIpc) is 3.66. The number of nitrogens with one attached hydrogen (secondary N) is 1.